The number of esters is 1. The fourth-order valence-electron chi connectivity index (χ4n) is 3.76. The van der Waals surface area contributed by atoms with E-state index in [1.54, 1.807) is 6.92 Å². The topological polar surface area (TPSA) is 35.5 Å². The van der Waals surface area contributed by atoms with Crippen molar-refractivity contribution in [3.8, 4) is 0 Å². The average molecular weight is 387 g/mol. The quantitative estimate of drug-likeness (QED) is 0.294. The third-order valence-corrected chi connectivity index (χ3v) is 5.69. The summed E-state index contributed by atoms with van der Waals surface area (Å²) in [6.07, 6.45) is 18.2. The van der Waals surface area contributed by atoms with Crippen molar-refractivity contribution in [2.75, 3.05) is 13.2 Å². The van der Waals surface area contributed by atoms with Gasteiger partial charge in [-0.2, -0.15) is 0 Å². The van der Waals surface area contributed by atoms with Gasteiger partial charge in [0.2, 0.25) is 0 Å². The summed E-state index contributed by atoms with van der Waals surface area (Å²) in [6.45, 7) is 10.4. The number of carbonyl (C=O) groups is 1. The Bertz CT molecular complexity index is 630. The van der Waals surface area contributed by atoms with E-state index in [9.17, 15) is 4.79 Å². The summed E-state index contributed by atoms with van der Waals surface area (Å²) in [6, 6.07) is 0. The van der Waals surface area contributed by atoms with Gasteiger partial charge in [0.25, 0.3) is 0 Å². The normalized spacial score (nSPS) is 23.3. The molecule has 2 unspecified atom stereocenters. The molecule has 0 aromatic carbocycles. The molecule has 0 aliphatic carbocycles. The van der Waals surface area contributed by atoms with Crippen LogP contribution >= 0.6 is 0 Å². The highest BCUT2D eigenvalue weighted by Crippen LogP contribution is 2.22. The second-order valence-corrected chi connectivity index (χ2v) is 8.60. The van der Waals surface area contributed by atoms with Crippen molar-refractivity contribution in [3.63, 3.8) is 0 Å². The Labute approximate surface area is 171 Å². The average Bonchev–Trinajstić information content (AvgIpc) is 3.25. The van der Waals surface area contributed by atoms with E-state index < -0.39 is 0 Å². The van der Waals surface area contributed by atoms with Crippen LogP contribution in [-0.2, 0) is 14.3 Å². The van der Waals surface area contributed by atoms with E-state index in [0.29, 0.717) is 17.3 Å². The molecule has 0 aromatic heterocycles. The maximum absolute atomic E-state index is 11.4. The molecular weight excluding hydrogens is 348 g/mol. The van der Waals surface area contributed by atoms with Crippen LogP contribution in [-0.4, -0.2) is 19.2 Å². The zero-order chi connectivity index (χ0) is 20.4. The Balaban J connectivity index is 1.57. The minimum atomic E-state index is -0.214. The van der Waals surface area contributed by atoms with Crippen LogP contribution in [0, 0.1) is 11.8 Å². The van der Waals surface area contributed by atoms with E-state index in [2.05, 4.69) is 39.0 Å². The van der Waals surface area contributed by atoms with Gasteiger partial charge < -0.3 is 9.47 Å². The second-order valence-electron chi connectivity index (χ2n) is 8.60. The molecule has 2 heterocycles. The van der Waals surface area contributed by atoms with Crippen LogP contribution in [0.3, 0.4) is 0 Å². The minimum absolute atomic E-state index is 0.214. The molecule has 3 heteroatoms. The summed E-state index contributed by atoms with van der Waals surface area (Å²) in [5.41, 5.74) is 3.69. The lowest BCUT2D eigenvalue weighted by molar-refractivity contribution is -0.133. The maximum atomic E-state index is 11.4. The lowest BCUT2D eigenvalue weighted by Crippen LogP contribution is -1.97. The summed E-state index contributed by atoms with van der Waals surface area (Å²) in [7, 11) is 0. The molecule has 1 saturated heterocycles. The molecular formula is C25H38O3. The van der Waals surface area contributed by atoms with Gasteiger partial charge in [-0.05, 0) is 96.1 Å². The lowest BCUT2D eigenvalue weighted by Gasteiger charge is -2.08. The summed E-state index contributed by atoms with van der Waals surface area (Å²) in [5, 5.41) is 0. The van der Waals surface area contributed by atoms with Crippen molar-refractivity contribution < 1.29 is 14.3 Å². The van der Waals surface area contributed by atoms with Crippen LogP contribution < -0.4 is 0 Å². The molecule has 2 rings (SSSR count). The summed E-state index contributed by atoms with van der Waals surface area (Å²) in [5.74, 6) is 1.71. The first-order chi connectivity index (χ1) is 13.4. The van der Waals surface area contributed by atoms with Crippen LogP contribution in [0.15, 0.2) is 46.8 Å². The van der Waals surface area contributed by atoms with Gasteiger partial charge in [-0.15, -0.1) is 0 Å². The Morgan fingerprint density at radius 3 is 2.64 bits per heavy atom. The molecule has 0 spiro atoms. The predicted molar refractivity (Wildman–Crippen MR) is 116 cm³/mol. The summed E-state index contributed by atoms with van der Waals surface area (Å²) in [4.78, 5) is 11.4. The molecule has 0 N–H and O–H groups in total. The molecule has 2 atom stereocenters. The zero-order valence-corrected chi connectivity index (χ0v) is 18.3. The molecule has 1 fully saturated rings. The van der Waals surface area contributed by atoms with Crippen molar-refractivity contribution in [3.05, 3.63) is 46.8 Å². The van der Waals surface area contributed by atoms with Crippen LogP contribution in [0.4, 0.5) is 0 Å². The molecule has 3 nitrogen and oxygen atoms in total. The third-order valence-electron chi connectivity index (χ3n) is 5.69. The molecule has 2 aliphatic rings. The first kappa shape index (κ1) is 22.7. The molecule has 0 amide bonds. The number of carbonyl (C=O) groups excluding carboxylic acids is 1. The molecule has 2 aliphatic heterocycles. The maximum Gasteiger partial charge on any atom is 0.339 e. The molecule has 0 bridgehead atoms. The smallest absolute Gasteiger partial charge is 0.339 e. The molecule has 0 aromatic rings. The molecule has 0 radical (unpaired) electrons. The van der Waals surface area contributed by atoms with E-state index in [1.807, 2.05) is 6.08 Å². The molecule has 156 valence electrons. The van der Waals surface area contributed by atoms with E-state index in [1.165, 1.54) is 36.8 Å². The van der Waals surface area contributed by atoms with Crippen molar-refractivity contribution in [2.45, 2.75) is 79.1 Å². The highest BCUT2D eigenvalue weighted by Gasteiger charge is 2.17. The number of hydrogen-bond acceptors (Lipinski definition) is 3. The number of cyclic esters (lactones) is 1. The molecule has 0 saturated carbocycles. The van der Waals surface area contributed by atoms with Gasteiger partial charge in [0, 0.05) is 18.8 Å². The van der Waals surface area contributed by atoms with Crippen LogP contribution in [0.5, 0.6) is 0 Å². The number of rotatable bonds is 11. The van der Waals surface area contributed by atoms with Gasteiger partial charge in [-0.25, -0.2) is 4.79 Å². The van der Waals surface area contributed by atoms with Gasteiger partial charge in [-0.1, -0.05) is 30.2 Å². The van der Waals surface area contributed by atoms with Crippen LogP contribution in [0.1, 0.15) is 79.1 Å². The second kappa shape index (κ2) is 12.1. The standard InChI is InChI=1S/C25H38O3/c1-19(8-5-9-20(2)11-7-13-23-14-15-27-18-23)10-6-12-21(3)16-24-17-22(4)25(26)28-24/h8,11,16-17,21,23H,5-7,9-10,12-15,18H2,1-4H3/b19-8+,20-11+,24-16-. The van der Waals surface area contributed by atoms with Crippen LogP contribution in [0.2, 0.25) is 0 Å². The summed E-state index contributed by atoms with van der Waals surface area (Å²) >= 11 is 0. The fraction of sp³-hybridized carbons (Fsp3) is 0.640. The first-order valence-electron chi connectivity index (χ1n) is 11.0. The van der Waals surface area contributed by atoms with Crippen molar-refractivity contribution >= 4 is 5.97 Å². The van der Waals surface area contributed by atoms with Crippen molar-refractivity contribution in [1.82, 2.24) is 0 Å². The van der Waals surface area contributed by atoms with Crippen molar-refractivity contribution in [1.29, 1.82) is 0 Å². The van der Waals surface area contributed by atoms with Gasteiger partial charge in [0.05, 0.1) is 0 Å². The van der Waals surface area contributed by atoms with Crippen molar-refractivity contribution in [2.24, 2.45) is 11.8 Å². The first-order valence-corrected chi connectivity index (χ1v) is 11.0. The Kier molecular flexibility index (Phi) is 9.77. The number of ether oxygens (including phenoxy) is 2. The highest BCUT2D eigenvalue weighted by molar-refractivity contribution is 5.92. The van der Waals surface area contributed by atoms with E-state index in [4.69, 9.17) is 9.47 Å². The zero-order valence-electron chi connectivity index (χ0n) is 18.3. The van der Waals surface area contributed by atoms with Crippen LogP contribution in [0.25, 0.3) is 0 Å². The van der Waals surface area contributed by atoms with E-state index in [0.717, 1.165) is 44.8 Å². The Morgan fingerprint density at radius 1 is 1.21 bits per heavy atom. The predicted octanol–water partition coefficient (Wildman–Crippen LogP) is 6.67. The number of hydrogen-bond donors (Lipinski definition) is 0. The lowest BCUT2D eigenvalue weighted by atomic mass is 9.99. The van der Waals surface area contributed by atoms with Gasteiger partial charge in [-0.3, -0.25) is 0 Å². The number of allylic oxidation sites excluding steroid dienone is 6. The Hall–Kier alpha value is -1.61. The minimum Gasteiger partial charge on any atom is -0.423 e. The third kappa shape index (κ3) is 8.60. The summed E-state index contributed by atoms with van der Waals surface area (Å²) < 4.78 is 10.7. The van der Waals surface area contributed by atoms with Gasteiger partial charge in [0.1, 0.15) is 5.76 Å². The molecule has 28 heavy (non-hydrogen) atoms. The highest BCUT2D eigenvalue weighted by atomic mass is 16.5. The fourth-order valence-corrected chi connectivity index (χ4v) is 3.76. The van der Waals surface area contributed by atoms with E-state index in [-0.39, 0.29) is 5.97 Å². The van der Waals surface area contributed by atoms with E-state index >= 15 is 0 Å². The Morgan fingerprint density at radius 2 is 1.96 bits per heavy atom. The van der Waals surface area contributed by atoms with Gasteiger partial charge >= 0.3 is 5.97 Å². The largest absolute Gasteiger partial charge is 0.423 e. The monoisotopic (exact) mass is 386 g/mol. The van der Waals surface area contributed by atoms with Gasteiger partial charge in [0.15, 0.2) is 0 Å². The SMILES string of the molecule is CC1=C/C(=C/C(C)CCC/C(C)=C/CC/C(C)=C/CCC2CCOC2)OC1=O.